The zero-order valence-corrected chi connectivity index (χ0v) is 13.2. The number of piperidine rings is 1. The lowest BCUT2D eigenvalue weighted by atomic mass is 9.82. The van der Waals surface area contributed by atoms with Crippen LogP contribution in [0.5, 0.6) is 5.75 Å². The van der Waals surface area contributed by atoms with Gasteiger partial charge in [-0.25, -0.2) is 4.79 Å². The topological polar surface area (TPSA) is 77.7 Å². The molecule has 6 heteroatoms. The van der Waals surface area contributed by atoms with Crippen LogP contribution in [-0.4, -0.2) is 41.3 Å². The first-order valence-electron chi connectivity index (χ1n) is 7.87. The van der Waals surface area contributed by atoms with Crippen molar-refractivity contribution in [2.45, 2.75) is 44.8 Å². The minimum absolute atomic E-state index is 0.113. The van der Waals surface area contributed by atoms with Gasteiger partial charge < -0.3 is 20.1 Å². The molecule has 3 rings (SSSR count). The van der Waals surface area contributed by atoms with E-state index in [1.54, 1.807) is 4.90 Å². The van der Waals surface area contributed by atoms with Gasteiger partial charge in [-0.15, -0.1) is 0 Å². The molecule has 1 saturated heterocycles. The summed E-state index contributed by atoms with van der Waals surface area (Å²) in [5.74, 6) is 0.786. The highest BCUT2D eigenvalue weighted by Gasteiger charge is 2.43. The van der Waals surface area contributed by atoms with Crippen LogP contribution >= 0.6 is 0 Å². The third-order valence-corrected chi connectivity index (χ3v) is 4.50. The fourth-order valence-electron chi connectivity index (χ4n) is 3.31. The second-order valence-electron chi connectivity index (χ2n) is 6.12. The lowest BCUT2D eigenvalue weighted by Crippen LogP contribution is -2.52. The molecule has 1 fully saturated rings. The molecule has 120 valence electrons. The van der Waals surface area contributed by atoms with Crippen molar-refractivity contribution in [2.75, 3.05) is 19.7 Å². The summed E-state index contributed by atoms with van der Waals surface area (Å²) < 4.78 is 11.3. The van der Waals surface area contributed by atoms with Gasteiger partial charge in [0.05, 0.1) is 18.3 Å². The fraction of sp³-hybridized carbons (Fsp3) is 0.625. The van der Waals surface area contributed by atoms with Crippen molar-refractivity contribution < 1.29 is 14.3 Å². The molecule has 0 saturated carbocycles. The van der Waals surface area contributed by atoms with E-state index in [9.17, 15) is 4.79 Å². The molecule has 0 aliphatic carbocycles. The van der Waals surface area contributed by atoms with Gasteiger partial charge >= 0.3 is 6.09 Å². The van der Waals surface area contributed by atoms with Crippen molar-refractivity contribution in [3.05, 3.63) is 23.5 Å². The second-order valence-corrected chi connectivity index (χ2v) is 6.12. The van der Waals surface area contributed by atoms with Crippen molar-refractivity contribution in [3.8, 4) is 5.75 Å². The van der Waals surface area contributed by atoms with E-state index in [-0.39, 0.29) is 17.7 Å². The van der Waals surface area contributed by atoms with Crippen molar-refractivity contribution in [1.29, 1.82) is 0 Å². The molecule has 1 aromatic rings. The van der Waals surface area contributed by atoms with E-state index in [0.29, 0.717) is 19.7 Å². The molecule has 22 heavy (non-hydrogen) atoms. The molecule has 0 aromatic carbocycles. The third-order valence-electron chi connectivity index (χ3n) is 4.50. The van der Waals surface area contributed by atoms with Crippen LogP contribution in [-0.2, 0) is 4.74 Å². The Morgan fingerprint density at radius 3 is 2.91 bits per heavy atom. The number of carbonyl (C=O) groups is 1. The number of hydrogen-bond donors (Lipinski definition) is 1. The third kappa shape index (κ3) is 2.75. The number of aromatic nitrogens is 1. The molecule has 3 heterocycles. The van der Waals surface area contributed by atoms with Crippen LogP contribution in [0.2, 0.25) is 0 Å². The fourth-order valence-corrected chi connectivity index (χ4v) is 3.31. The average Bonchev–Trinajstić information content (AvgIpc) is 2.49. The zero-order chi connectivity index (χ0) is 15.7. The number of hydrogen-bond acceptors (Lipinski definition) is 5. The number of amides is 1. The maximum Gasteiger partial charge on any atom is 0.409 e. The van der Waals surface area contributed by atoms with Crippen LogP contribution in [0.3, 0.4) is 0 Å². The molecular formula is C16H23N3O3. The Labute approximate surface area is 130 Å². The summed E-state index contributed by atoms with van der Waals surface area (Å²) in [6.07, 6.45) is 2.04. The first-order chi connectivity index (χ1) is 10.5. The van der Waals surface area contributed by atoms with Gasteiger partial charge in [0.2, 0.25) is 0 Å². The number of carbonyl (C=O) groups excluding carboxylic acids is 1. The molecule has 2 N–H and O–H groups in total. The summed E-state index contributed by atoms with van der Waals surface area (Å²) in [6, 6.07) is 3.78. The normalized spacial score (nSPS) is 22.9. The average molecular weight is 305 g/mol. The highest BCUT2D eigenvalue weighted by atomic mass is 16.6. The highest BCUT2D eigenvalue weighted by Crippen LogP contribution is 2.42. The minimum Gasteiger partial charge on any atom is -0.485 e. The van der Waals surface area contributed by atoms with Gasteiger partial charge in [-0.1, -0.05) is 0 Å². The Hall–Kier alpha value is -1.82. The SMILES string of the molecule is CCOC(=O)N1CCC2(CC1)C[C@H](N)c1nc(C)ccc1O2. The van der Waals surface area contributed by atoms with Gasteiger partial charge in [-0.3, -0.25) is 4.98 Å². The Kier molecular flexibility index (Phi) is 3.95. The first-order valence-corrected chi connectivity index (χ1v) is 7.87. The maximum absolute atomic E-state index is 11.8. The molecule has 0 bridgehead atoms. The molecule has 0 radical (unpaired) electrons. The Morgan fingerprint density at radius 2 is 2.23 bits per heavy atom. The van der Waals surface area contributed by atoms with Crippen LogP contribution in [0.25, 0.3) is 0 Å². The van der Waals surface area contributed by atoms with E-state index < -0.39 is 0 Å². The molecule has 0 unspecified atom stereocenters. The number of ether oxygens (including phenoxy) is 2. The summed E-state index contributed by atoms with van der Waals surface area (Å²) in [5.41, 5.74) is 7.83. The van der Waals surface area contributed by atoms with Crippen molar-refractivity contribution >= 4 is 6.09 Å². The minimum atomic E-state index is -0.285. The molecule has 1 spiro atoms. The second kappa shape index (κ2) is 5.76. The van der Waals surface area contributed by atoms with Crippen LogP contribution in [0.1, 0.15) is 43.6 Å². The van der Waals surface area contributed by atoms with Crippen molar-refractivity contribution in [3.63, 3.8) is 0 Å². The van der Waals surface area contributed by atoms with Crippen LogP contribution in [0.15, 0.2) is 12.1 Å². The molecule has 1 atom stereocenters. The summed E-state index contributed by atoms with van der Waals surface area (Å²) in [6.45, 7) is 5.45. The van der Waals surface area contributed by atoms with Gasteiger partial charge in [0.25, 0.3) is 0 Å². The van der Waals surface area contributed by atoms with Crippen LogP contribution in [0, 0.1) is 6.92 Å². The van der Waals surface area contributed by atoms with E-state index in [2.05, 4.69) is 4.98 Å². The maximum atomic E-state index is 11.8. The smallest absolute Gasteiger partial charge is 0.409 e. The molecular weight excluding hydrogens is 282 g/mol. The van der Waals surface area contributed by atoms with E-state index in [1.807, 2.05) is 26.0 Å². The van der Waals surface area contributed by atoms with Gasteiger partial charge in [0.1, 0.15) is 11.4 Å². The predicted molar refractivity (Wildman–Crippen MR) is 81.7 cm³/mol. The first kappa shape index (κ1) is 15.1. The monoisotopic (exact) mass is 305 g/mol. The summed E-state index contributed by atoms with van der Waals surface area (Å²) in [7, 11) is 0. The number of nitrogens with two attached hydrogens (primary N) is 1. The molecule has 2 aliphatic rings. The van der Waals surface area contributed by atoms with Crippen molar-refractivity contribution in [2.24, 2.45) is 5.73 Å². The molecule has 6 nitrogen and oxygen atoms in total. The molecule has 1 amide bonds. The van der Waals surface area contributed by atoms with Crippen molar-refractivity contribution in [1.82, 2.24) is 9.88 Å². The number of likely N-dealkylation sites (tertiary alicyclic amines) is 1. The number of aryl methyl sites for hydroxylation is 1. The standard InChI is InChI=1S/C16H23N3O3/c1-3-21-15(20)19-8-6-16(7-9-19)10-12(17)14-13(22-16)5-4-11(2)18-14/h4-5,12H,3,6-10,17H2,1-2H3/t12-/m0/s1. The number of rotatable bonds is 1. The quantitative estimate of drug-likeness (QED) is 0.860. The van der Waals surface area contributed by atoms with Gasteiger partial charge in [-0.05, 0) is 26.0 Å². The van der Waals surface area contributed by atoms with E-state index in [0.717, 1.165) is 36.4 Å². The van der Waals surface area contributed by atoms with Crippen LogP contribution in [0.4, 0.5) is 4.79 Å². The lowest BCUT2D eigenvalue weighted by Gasteiger charge is -2.45. The largest absolute Gasteiger partial charge is 0.485 e. The van der Waals surface area contributed by atoms with E-state index in [1.165, 1.54) is 0 Å². The van der Waals surface area contributed by atoms with Crippen LogP contribution < -0.4 is 10.5 Å². The Bertz CT molecular complexity index is 568. The Morgan fingerprint density at radius 1 is 1.50 bits per heavy atom. The summed E-state index contributed by atoms with van der Waals surface area (Å²) in [4.78, 5) is 18.0. The highest BCUT2D eigenvalue weighted by molar-refractivity contribution is 5.67. The molecule has 1 aromatic heterocycles. The van der Waals surface area contributed by atoms with Gasteiger partial charge in [0, 0.05) is 38.0 Å². The zero-order valence-electron chi connectivity index (χ0n) is 13.2. The summed E-state index contributed by atoms with van der Waals surface area (Å²) >= 11 is 0. The molecule has 2 aliphatic heterocycles. The van der Waals surface area contributed by atoms with E-state index in [4.69, 9.17) is 15.2 Å². The van der Waals surface area contributed by atoms with E-state index >= 15 is 0 Å². The predicted octanol–water partition coefficient (Wildman–Crippen LogP) is 2.16. The van der Waals surface area contributed by atoms with Gasteiger partial charge in [-0.2, -0.15) is 0 Å². The number of fused-ring (bicyclic) bond motifs is 1. The number of pyridine rings is 1. The summed E-state index contributed by atoms with van der Waals surface area (Å²) in [5, 5.41) is 0. The Balaban J connectivity index is 1.72. The lowest BCUT2D eigenvalue weighted by molar-refractivity contribution is -0.0216. The van der Waals surface area contributed by atoms with Gasteiger partial charge in [0.15, 0.2) is 0 Å². The number of nitrogens with zero attached hydrogens (tertiary/aromatic N) is 2.